The smallest absolute Gasteiger partial charge is 0.240 e. The summed E-state index contributed by atoms with van der Waals surface area (Å²) in [6, 6.07) is 15.2. The molecule has 178 valence electrons. The Bertz CT molecular complexity index is 1030. The van der Waals surface area contributed by atoms with Crippen molar-refractivity contribution in [3.05, 3.63) is 59.7 Å². The van der Waals surface area contributed by atoms with Crippen LogP contribution in [0.1, 0.15) is 37.3 Å². The molecule has 0 unspecified atom stereocenters. The van der Waals surface area contributed by atoms with Crippen LogP contribution in [0.25, 0.3) is 0 Å². The van der Waals surface area contributed by atoms with Crippen molar-refractivity contribution in [2.45, 2.75) is 50.1 Å². The van der Waals surface area contributed by atoms with Gasteiger partial charge in [0.25, 0.3) is 0 Å². The molecule has 0 aromatic heterocycles. The second-order valence-corrected chi connectivity index (χ2v) is 10.5. The van der Waals surface area contributed by atoms with Crippen LogP contribution in [0.3, 0.4) is 0 Å². The van der Waals surface area contributed by atoms with Gasteiger partial charge in [0.1, 0.15) is 5.75 Å². The fourth-order valence-corrected chi connectivity index (χ4v) is 5.31. The second-order valence-electron chi connectivity index (χ2n) is 8.77. The monoisotopic (exact) mass is 471 g/mol. The number of nitrogens with zero attached hydrogens (tertiary/aromatic N) is 2. The van der Waals surface area contributed by atoms with Crippen molar-refractivity contribution in [1.82, 2.24) is 14.5 Å². The number of hydrogen-bond donors (Lipinski definition) is 1. The third-order valence-electron chi connectivity index (χ3n) is 6.13. The summed E-state index contributed by atoms with van der Waals surface area (Å²) in [5.41, 5.74) is 2.22. The molecule has 7 nitrogen and oxygen atoms in total. The highest BCUT2D eigenvalue weighted by Crippen LogP contribution is 2.22. The normalized spacial score (nSPS) is 17.2. The van der Waals surface area contributed by atoms with E-state index < -0.39 is 10.0 Å². The lowest BCUT2D eigenvalue weighted by Gasteiger charge is -2.35. The number of carbonyl (C=O) groups is 1. The van der Waals surface area contributed by atoms with Crippen molar-refractivity contribution in [3.63, 3.8) is 0 Å². The summed E-state index contributed by atoms with van der Waals surface area (Å²) in [7, 11) is -3.43. The van der Waals surface area contributed by atoms with Gasteiger partial charge in [0, 0.05) is 45.2 Å². The van der Waals surface area contributed by atoms with Crippen LogP contribution >= 0.6 is 0 Å². The Morgan fingerprint density at radius 2 is 1.61 bits per heavy atom. The van der Waals surface area contributed by atoms with Crippen LogP contribution in [0.15, 0.2) is 53.4 Å². The number of piperazine rings is 1. The van der Waals surface area contributed by atoms with Crippen LogP contribution in [-0.4, -0.2) is 63.0 Å². The summed E-state index contributed by atoms with van der Waals surface area (Å²) in [5, 5.41) is 0. The fraction of sp³-hybridized carbons (Fsp3) is 0.480. The van der Waals surface area contributed by atoms with Crippen molar-refractivity contribution >= 4 is 15.9 Å². The van der Waals surface area contributed by atoms with Gasteiger partial charge in [0.05, 0.1) is 11.5 Å². The molecule has 2 aliphatic rings. The first-order chi connectivity index (χ1) is 15.9. The van der Waals surface area contributed by atoms with Crippen molar-refractivity contribution in [3.8, 4) is 5.75 Å². The van der Waals surface area contributed by atoms with E-state index in [1.807, 2.05) is 36.1 Å². The van der Waals surface area contributed by atoms with Gasteiger partial charge in [-0.05, 0) is 61.6 Å². The van der Waals surface area contributed by atoms with E-state index in [1.54, 1.807) is 12.1 Å². The summed E-state index contributed by atoms with van der Waals surface area (Å²) < 4.78 is 32.7. The Balaban J connectivity index is 1.20. The predicted octanol–water partition coefficient (Wildman–Crippen LogP) is 2.80. The number of benzene rings is 2. The maximum Gasteiger partial charge on any atom is 0.240 e. The molecule has 2 aromatic carbocycles. The van der Waals surface area contributed by atoms with Gasteiger partial charge in [-0.1, -0.05) is 24.3 Å². The van der Waals surface area contributed by atoms with Crippen molar-refractivity contribution in [1.29, 1.82) is 0 Å². The third kappa shape index (κ3) is 6.79. The first-order valence-corrected chi connectivity index (χ1v) is 13.2. The minimum atomic E-state index is -3.43. The number of carbonyl (C=O) groups excluding carboxylic acids is 1. The number of hydrogen-bond acceptors (Lipinski definition) is 5. The maximum atomic E-state index is 12.7. The quantitative estimate of drug-likeness (QED) is 0.577. The van der Waals surface area contributed by atoms with Crippen LogP contribution in [-0.2, 0) is 27.8 Å². The molecule has 2 aromatic rings. The second kappa shape index (κ2) is 10.7. The average molecular weight is 472 g/mol. The van der Waals surface area contributed by atoms with E-state index in [0.717, 1.165) is 56.9 Å². The fourth-order valence-electron chi connectivity index (χ4n) is 4.00. The highest BCUT2D eigenvalue weighted by molar-refractivity contribution is 7.89. The highest BCUT2D eigenvalue weighted by atomic mass is 32.2. The summed E-state index contributed by atoms with van der Waals surface area (Å²) in [6.45, 7) is 6.71. The summed E-state index contributed by atoms with van der Waals surface area (Å²) in [5.74, 6) is 1.05. The van der Waals surface area contributed by atoms with E-state index >= 15 is 0 Å². The topological polar surface area (TPSA) is 79.0 Å². The van der Waals surface area contributed by atoms with Gasteiger partial charge in [0.15, 0.2) is 0 Å². The molecular formula is C25H33N3O4S. The minimum Gasteiger partial charge on any atom is -0.494 e. The van der Waals surface area contributed by atoms with Gasteiger partial charge >= 0.3 is 0 Å². The zero-order chi connectivity index (χ0) is 23.3. The van der Waals surface area contributed by atoms with E-state index in [2.05, 4.69) is 21.8 Å². The number of rotatable bonds is 10. The van der Waals surface area contributed by atoms with Gasteiger partial charge in [-0.15, -0.1) is 0 Å². The van der Waals surface area contributed by atoms with Crippen molar-refractivity contribution in [2.75, 3.05) is 32.8 Å². The van der Waals surface area contributed by atoms with Gasteiger partial charge in [-0.2, -0.15) is 0 Å². The van der Waals surface area contributed by atoms with Crippen molar-refractivity contribution < 1.29 is 17.9 Å². The molecule has 1 N–H and O–H groups in total. The molecule has 1 aliphatic heterocycles. The average Bonchev–Trinajstić information content (AvgIpc) is 3.63. The van der Waals surface area contributed by atoms with Gasteiger partial charge in [-0.25, -0.2) is 13.1 Å². The molecule has 1 heterocycles. The lowest BCUT2D eigenvalue weighted by Crippen LogP contribution is -2.48. The zero-order valence-corrected chi connectivity index (χ0v) is 20.0. The predicted molar refractivity (Wildman–Crippen MR) is 128 cm³/mol. The van der Waals surface area contributed by atoms with E-state index in [1.165, 1.54) is 5.56 Å². The van der Waals surface area contributed by atoms with E-state index in [9.17, 15) is 13.2 Å². The number of sulfonamides is 1. The van der Waals surface area contributed by atoms with Crippen LogP contribution in [0.2, 0.25) is 0 Å². The van der Waals surface area contributed by atoms with Gasteiger partial charge in [-0.3, -0.25) is 9.69 Å². The van der Waals surface area contributed by atoms with Crippen LogP contribution in [0, 0.1) is 0 Å². The van der Waals surface area contributed by atoms with Gasteiger partial charge < -0.3 is 9.64 Å². The van der Waals surface area contributed by atoms with Crippen LogP contribution < -0.4 is 9.46 Å². The van der Waals surface area contributed by atoms with E-state index in [0.29, 0.717) is 19.4 Å². The summed E-state index contributed by atoms with van der Waals surface area (Å²) in [4.78, 5) is 17.3. The Hall–Kier alpha value is -2.42. The molecule has 1 saturated carbocycles. The van der Waals surface area contributed by atoms with Crippen molar-refractivity contribution in [2.24, 2.45) is 0 Å². The lowest BCUT2D eigenvalue weighted by atomic mass is 10.1. The molecule has 1 amide bonds. The molecule has 0 atom stereocenters. The molecule has 1 saturated heterocycles. The highest BCUT2D eigenvalue weighted by Gasteiger charge is 2.28. The standard InChI is InChI=1S/C25H33N3O4S/c1-2-32-23-10-3-21(4-11-23)19-27-15-17-28(18-16-27)25(29)14-7-20-5-12-24(13-6-20)33(30,31)26-22-8-9-22/h3-6,10-13,22,26H,2,7-9,14-19H2,1H3. The molecule has 1 aliphatic carbocycles. The number of aryl methyl sites for hydroxylation is 1. The Morgan fingerprint density at radius 1 is 0.970 bits per heavy atom. The molecule has 8 heteroatoms. The van der Waals surface area contributed by atoms with E-state index in [-0.39, 0.29) is 16.8 Å². The molecule has 4 rings (SSSR count). The Kier molecular flexibility index (Phi) is 7.67. The summed E-state index contributed by atoms with van der Waals surface area (Å²) >= 11 is 0. The molecule has 2 fully saturated rings. The SMILES string of the molecule is CCOc1ccc(CN2CCN(C(=O)CCc3ccc(S(=O)(=O)NC4CC4)cc3)CC2)cc1. The largest absolute Gasteiger partial charge is 0.494 e. The van der Waals surface area contributed by atoms with Crippen LogP contribution in [0.4, 0.5) is 0 Å². The molecular weight excluding hydrogens is 438 g/mol. The third-order valence-corrected chi connectivity index (χ3v) is 7.66. The Labute approximate surface area is 196 Å². The Morgan fingerprint density at radius 3 is 2.21 bits per heavy atom. The van der Waals surface area contributed by atoms with Gasteiger partial charge in [0.2, 0.25) is 15.9 Å². The number of ether oxygens (including phenoxy) is 1. The first-order valence-electron chi connectivity index (χ1n) is 11.8. The zero-order valence-electron chi connectivity index (χ0n) is 19.2. The molecule has 0 bridgehead atoms. The molecule has 0 spiro atoms. The van der Waals surface area contributed by atoms with E-state index in [4.69, 9.17) is 4.74 Å². The summed E-state index contributed by atoms with van der Waals surface area (Å²) in [6.07, 6.45) is 2.87. The minimum absolute atomic E-state index is 0.0914. The number of amides is 1. The first kappa shape index (κ1) is 23.7. The van der Waals surface area contributed by atoms with Crippen LogP contribution in [0.5, 0.6) is 5.75 Å². The molecule has 0 radical (unpaired) electrons. The number of nitrogens with one attached hydrogen (secondary N) is 1. The molecule has 33 heavy (non-hydrogen) atoms. The maximum absolute atomic E-state index is 12.7. The lowest BCUT2D eigenvalue weighted by molar-refractivity contribution is -0.133.